The molecule has 0 radical (unpaired) electrons. The molecule has 1 aromatic carbocycles. The predicted octanol–water partition coefficient (Wildman–Crippen LogP) is 3.63. The van der Waals surface area contributed by atoms with Gasteiger partial charge in [-0.05, 0) is 31.0 Å². The lowest BCUT2D eigenvalue weighted by atomic mass is 9.94. The third-order valence-corrected chi connectivity index (χ3v) is 3.86. The highest BCUT2D eigenvalue weighted by atomic mass is 35.5. The van der Waals surface area contributed by atoms with Crippen LogP contribution in [0.15, 0.2) is 24.3 Å². The second-order valence-corrected chi connectivity index (χ2v) is 5.59. The Morgan fingerprint density at radius 3 is 2.35 bits per heavy atom. The molecule has 6 heteroatoms. The Morgan fingerprint density at radius 1 is 1.00 bits per heavy atom. The van der Waals surface area contributed by atoms with Crippen LogP contribution in [-0.2, 0) is 19.6 Å². The van der Waals surface area contributed by atoms with Gasteiger partial charge in [0.05, 0.1) is 0 Å². The number of rotatable bonds is 1. The van der Waals surface area contributed by atoms with Crippen LogP contribution in [0.2, 0.25) is 5.02 Å². The van der Waals surface area contributed by atoms with Crippen molar-refractivity contribution in [2.75, 3.05) is 18.4 Å². The number of hydrogen-bond donors (Lipinski definition) is 0. The van der Waals surface area contributed by atoms with Gasteiger partial charge in [0.2, 0.25) is 5.79 Å². The molecule has 5 nitrogen and oxygen atoms in total. The molecule has 1 spiro atoms. The van der Waals surface area contributed by atoms with Crippen LogP contribution < -0.4 is 4.90 Å². The van der Waals surface area contributed by atoms with Gasteiger partial charge >= 0.3 is 0 Å². The van der Waals surface area contributed by atoms with E-state index in [1.807, 2.05) is 29.2 Å². The highest BCUT2D eigenvalue weighted by Crippen LogP contribution is 2.34. The van der Waals surface area contributed by atoms with Gasteiger partial charge in [-0.15, -0.1) is 0 Å². The smallest absolute Gasteiger partial charge is 0.234 e. The zero-order valence-electron chi connectivity index (χ0n) is 11.2. The van der Waals surface area contributed by atoms with Crippen molar-refractivity contribution >= 4 is 17.3 Å². The van der Waals surface area contributed by atoms with Gasteiger partial charge < -0.3 is 4.90 Å². The Bertz CT molecular complexity index is 439. The van der Waals surface area contributed by atoms with Gasteiger partial charge in [-0.3, -0.25) is 0 Å². The highest BCUT2D eigenvalue weighted by molar-refractivity contribution is 6.30. The van der Waals surface area contributed by atoms with Gasteiger partial charge in [0, 0.05) is 23.6 Å². The van der Waals surface area contributed by atoms with Gasteiger partial charge in [0.15, 0.2) is 13.5 Å². The second-order valence-electron chi connectivity index (χ2n) is 5.15. The van der Waals surface area contributed by atoms with Gasteiger partial charge in [-0.1, -0.05) is 24.1 Å². The largest absolute Gasteiger partial charge is 0.320 e. The molecule has 2 aliphatic rings. The summed E-state index contributed by atoms with van der Waals surface area (Å²) in [5, 5.41) is 0.662. The van der Waals surface area contributed by atoms with E-state index in [1.165, 1.54) is 6.42 Å². The molecule has 0 N–H and O–H groups in total. The van der Waals surface area contributed by atoms with E-state index in [-0.39, 0.29) is 13.5 Å². The van der Waals surface area contributed by atoms with Crippen molar-refractivity contribution < 1.29 is 19.6 Å². The summed E-state index contributed by atoms with van der Waals surface area (Å²) in [4.78, 5) is 23.5. The van der Waals surface area contributed by atoms with Crippen molar-refractivity contribution in [3.8, 4) is 0 Å². The molecule has 0 aromatic heterocycles. The standard InChI is InChI=1S/C14H18ClNO4/c15-12-5-4-6-13(9-12)16-10-17-19-14(20-18-11-16)7-2-1-3-8-14/h4-6,9H,1-3,7-8,10-11H2. The van der Waals surface area contributed by atoms with E-state index < -0.39 is 5.79 Å². The predicted molar refractivity (Wildman–Crippen MR) is 73.8 cm³/mol. The Hall–Kier alpha value is -0.850. The Kier molecular flexibility index (Phi) is 4.43. The molecule has 20 heavy (non-hydrogen) atoms. The van der Waals surface area contributed by atoms with Crippen LogP contribution in [0.5, 0.6) is 0 Å². The molecule has 3 rings (SSSR count). The Labute approximate surface area is 123 Å². The normalized spacial score (nSPS) is 23.4. The van der Waals surface area contributed by atoms with E-state index in [1.54, 1.807) is 0 Å². The lowest BCUT2D eigenvalue weighted by Gasteiger charge is -2.37. The zero-order valence-corrected chi connectivity index (χ0v) is 12.0. The van der Waals surface area contributed by atoms with Crippen LogP contribution in [0.25, 0.3) is 0 Å². The first-order chi connectivity index (χ1) is 9.77. The fourth-order valence-electron chi connectivity index (χ4n) is 2.52. The zero-order chi connectivity index (χ0) is 13.8. The maximum Gasteiger partial charge on any atom is 0.234 e. The van der Waals surface area contributed by atoms with Gasteiger partial charge in [0.1, 0.15) is 0 Å². The Morgan fingerprint density at radius 2 is 1.70 bits per heavy atom. The number of hydrogen-bond acceptors (Lipinski definition) is 5. The first-order valence-electron chi connectivity index (χ1n) is 6.89. The van der Waals surface area contributed by atoms with E-state index in [0.29, 0.717) is 5.02 Å². The average molecular weight is 300 g/mol. The third kappa shape index (κ3) is 3.24. The minimum Gasteiger partial charge on any atom is -0.320 e. The summed E-state index contributed by atoms with van der Waals surface area (Å²) in [6, 6.07) is 7.46. The molecule has 1 aliphatic heterocycles. The van der Waals surface area contributed by atoms with E-state index in [9.17, 15) is 0 Å². The summed E-state index contributed by atoms with van der Waals surface area (Å²) in [5.41, 5.74) is 0.893. The summed E-state index contributed by atoms with van der Waals surface area (Å²) in [6.07, 6.45) is 4.91. The summed E-state index contributed by atoms with van der Waals surface area (Å²) in [5.74, 6) is -0.737. The molecule has 2 fully saturated rings. The van der Waals surface area contributed by atoms with Crippen molar-refractivity contribution in [3.63, 3.8) is 0 Å². The molecule has 0 atom stereocenters. The van der Waals surface area contributed by atoms with Crippen molar-refractivity contribution in [3.05, 3.63) is 29.3 Å². The molecular formula is C14H18ClNO4. The van der Waals surface area contributed by atoms with Crippen LogP contribution in [0.3, 0.4) is 0 Å². The molecule has 1 saturated carbocycles. The minimum atomic E-state index is -0.737. The van der Waals surface area contributed by atoms with Crippen molar-refractivity contribution in [2.45, 2.75) is 37.9 Å². The highest BCUT2D eigenvalue weighted by Gasteiger charge is 2.38. The van der Waals surface area contributed by atoms with E-state index >= 15 is 0 Å². The molecule has 1 heterocycles. The van der Waals surface area contributed by atoms with Crippen molar-refractivity contribution in [2.24, 2.45) is 0 Å². The van der Waals surface area contributed by atoms with Crippen LogP contribution in [0, 0.1) is 0 Å². The van der Waals surface area contributed by atoms with Crippen LogP contribution in [-0.4, -0.2) is 19.2 Å². The van der Waals surface area contributed by atoms with E-state index in [0.717, 1.165) is 31.4 Å². The molecule has 0 bridgehead atoms. The molecule has 1 aromatic rings. The lowest BCUT2D eigenvalue weighted by Crippen LogP contribution is -2.44. The van der Waals surface area contributed by atoms with Crippen LogP contribution in [0.1, 0.15) is 32.1 Å². The minimum absolute atomic E-state index is 0.269. The maximum absolute atomic E-state index is 5.98. The summed E-state index contributed by atoms with van der Waals surface area (Å²) in [7, 11) is 0. The van der Waals surface area contributed by atoms with E-state index in [2.05, 4.69) is 0 Å². The van der Waals surface area contributed by atoms with Crippen molar-refractivity contribution in [1.29, 1.82) is 0 Å². The summed E-state index contributed by atoms with van der Waals surface area (Å²) in [6.45, 7) is 0.539. The van der Waals surface area contributed by atoms with Crippen LogP contribution in [0.4, 0.5) is 5.69 Å². The second kappa shape index (κ2) is 6.28. The quantitative estimate of drug-likeness (QED) is 0.741. The maximum atomic E-state index is 5.98. The summed E-state index contributed by atoms with van der Waals surface area (Å²) < 4.78 is 0. The molecule has 110 valence electrons. The number of nitrogens with zero attached hydrogens (tertiary/aromatic N) is 1. The first-order valence-corrected chi connectivity index (χ1v) is 7.27. The topological polar surface area (TPSA) is 40.2 Å². The lowest BCUT2D eigenvalue weighted by molar-refractivity contribution is -0.527. The molecule has 1 saturated heterocycles. The molecule has 0 amide bonds. The van der Waals surface area contributed by atoms with Crippen LogP contribution >= 0.6 is 11.6 Å². The SMILES string of the molecule is Clc1cccc(N2COOC3(CCCCC3)OOC2)c1. The number of halogens is 1. The number of anilines is 1. The fourth-order valence-corrected chi connectivity index (χ4v) is 2.71. The summed E-state index contributed by atoms with van der Waals surface area (Å²) >= 11 is 5.98. The van der Waals surface area contributed by atoms with Crippen molar-refractivity contribution in [1.82, 2.24) is 0 Å². The first kappa shape index (κ1) is 14.1. The van der Waals surface area contributed by atoms with Gasteiger partial charge in [0.25, 0.3) is 0 Å². The van der Waals surface area contributed by atoms with Gasteiger partial charge in [-0.25, -0.2) is 9.78 Å². The third-order valence-electron chi connectivity index (χ3n) is 3.63. The van der Waals surface area contributed by atoms with Gasteiger partial charge in [-0.2, -0.15) is 9.78 Å². The molecule has 1 aliphatic carbocycles. The monoisotopic (exact) mass is 299 g/mol. The Balaban J connectivity index is 1.63. The van der Waals surface area contributed by atoms with E-state index in [4.69, 9.17) is 31.2 Å². The average Bonchev–Trinajstić information content (AvgIpc) is 2.44. The fraction of sp³-hybridized carbons (Fsp3) is 0.571. The molecular weight excluding hydrogens is 282 g/mol. The number of benzene rings is 1. The molecule has 0 unspecified atom stereocenters.